The highest BCUT2D eigenvalue weighted by Gasteiger charge is 2.22. The molecule has 0 fully saturated rings. The molecular formula is C16H11Br2ClN4O4. The summed E-state index contributed by atoms with van der Waals surface area (Å²) < 4.78 is 1.49. The largest absolute Gasteiger partial charge is 0.344 e. The molecule has 27 heavy (non-hydrogen) atoms. The predicted octanol–water partition coefficient (Wildman–Crippen LogP) is 5.54. The first-order valence-corrected chi connectivity index (χ1v) is 9.18. The molecule has 0 saturated heterocycles. The monoisotopic (exact) mass is 516 g/mol. The first kappa shape index (κ1) is 20.9. The lowest BCUT2D eigenvalue weighted by Gasteiger charge is -2.14. The maximum Gasteiger partial charge on any atom is 0.344 e. The van der Waals surface area contributed by atoms with Gasteiger partial charge in [-0.05, 0) is 48.0 Å². The number of allylic oxidation sites excluding steroid dienone is 1. The number of rotatable bonds is 7. The van der Waals surface area contributed by atoms with Gasteiger partial charge >= 0.3 is 10.9 Å². The molecule has 2 aromatic rings. The standard InChI is InChI=1S/C16H11Br2ClN4O4/c17-10-3-1-5-12(7-10)20-16(21-13-6-2-4-11(18)8-13)14(22(24)25)9-15(19)23(26)27/h1-9,20-21H. The molecule has 0 aliphatic carbocycles. The van der Waals surface area contributed by atoms with Gasteiger partial charge in [-0.25, -0.2) is 0 Å². The lowest BCUT2D eigenvalue weighted by Crippen LogP contribution is -2.16. The van der Waals surface area contributed by atoms with Crippen molar-refractivity contribution in [2.24, 2.45) is 0 Å². The molecule has 0 aliphatic heterocycles. The Bertz CT molecular complexity index is 900. The van der Waals surface area contributed by atoms with Crippen LogP contribution in [-0.4, -0.2) is 9.85 Å². The van der Waals surface area contributed by atoms with Crippen molar-refractivity contribution >= 4 is 54.8 Å². The first-order valence-electron chi connectivity index (χ1n) is 7.21. The van der Waals surface area contributed by atoms with Crippen LogP contribution in [0.2, 0.25) is 0 Å². The van der Waals surface area contributed by atoms with Crippen molar-refractivity contribution in [1.82, 2.24) is 0 Å². The van der Waals surface area contributed by atoms with Gasteiger partial charge in [0.25, 0.3) is 0 Å². The molecule has 8 nitrogen and oxygen atoms in total. The molecule has 0 unspecified atom stereocenters. The molecule has 0 amide bonds. The van der Waals surface area contributed by atoms with Crippen LogP contribution in [0.25, 0.3) is 0 Å². The van der Waals surface area contributed by atoms with Crippen molar-refractivity contribution in [3.05, 3.63) is 100 Å². The number of nitro groups is 2. The van der Waals surface area contributed by atoms with E-state index >= 15 is 0 Å². The van der Waals surface area contributed by atoms with Crippen LogP contribution in [0.3, 0.4) is 0 Å². The van der Waals surface area contributed by atoms with Crippen LogP contribution in [-0.2, 0) is 0 Å². The summed E-state index contributed by atoms with van der Waals surface area (Å²) in [7, 11) is 0. The van der Waals surface area contributed by atoms with E-state index in [0.29, 0.717) is 17.5 Å². The second kappa shape index (κ2) is 9.49. The van der Waals surface area contributed by atoms with Gasteiger partial charge in [-0.2, -0.15) is 0 Å². The Morgan fingerprint density at radius 3 is 1.78 bits per heavy atom. The van der Waals surface area contributed by atoms with Gasteiger partial charge in [-0.1, -0.05) is 44.0 Å². The van der Waals surface area contributed by atoms with E-state index in [2.05, 4.69) is 42.5 Å². The average molecular weight is 519 g/mol. The zero-order chi connectivity index (χ0) is 20.0. The minimum atomic E-state index is -0.916. The van der Waals surface area contributed by atoms with Gasteiger partial charge in [0, 0.05) is 20.3 Å². The Hall–Kier alpha value is -2.43. The summed E-state index contributed by atoms with van der Waals surface area (Å²) in [5.74, 6) is -0.0869. The van der Waals surface area contributed by atoms with Crippen LogP contribution in [0.1, 0.15) is 0 Å². The van der Waals surface area contributed by atoms with Gasteiger partial charge in [0.1, 0.15) is 6.08 Å². The Morgan fingerprint density at radius 2 is 1.41 bits per heavy atom. The molecule has 0 atom stereocenters. The van der Waals surface area contributed by atoms with Crippen molar-refractivity contribution in [2.75, 3.05) is 10.6 Å². The lowest BCUT2D eigenvalue weighted by atomic mass is 10.3. The zero-order valence-electron chi connectivity index (χ0n) is 13.4. The Labute approximate surface area is 175 Å². The molecule has 0 saturated carbocycles. The third-order valence-corrected chi connectivity index (χ3v) is 4.30. The van der Waals surface area contributed by atoms with E-state index in [1.807, 2.05) is 0 Å². The topological polar surface area (TPSA) is 110 Å². The van der Waals surface area contributed by atoms with Gasteiger partial charge in [0.05, 0.1) is 9.85 Å². The lowest BCUT2D eigenvalue weighted by molar-refractivity contribution is -0.428. The van der Waals surface area contributed by atoms with Gasteiger partial charge in [-0.15, -0.1) is 0 Å². The van der Waals surface area contributed by atoms with E-state index in [9.17, 15) is 20.2 Å². The predicted molar refractivity (Wildman–Crippen MR) is 110 cm³/mol. The van der Waals surface area contributed by atoms with Crippen LogP contribution in [0.15, 0.2) is 80.2 Å². The minimum Gasteiger partial charge on any atom is -0.336 e. The highest BCUT2D eigenvalue weighted by molar-refractivity contribution is 9.10. The summed E-state index contributed by atoms with van der Waals surface area (Å²) in [4.78, 5) is 20.6. The van der Waals surface area contributed by atoms with Gasteiger partial charge in [0.2, 0.25) is 0 Å². The zero-order valence-corrected chi connectivity index (χ0v) is 17.3. The number of hydrogen-bond donors (Lipinski definition) is 2. The maximum atomic E-state index is 11.5. The second-order valence-corrected chi connectivity index (χ2v) is 7.23. The molecule has 0 bridgehead atoms. The SMILES string of the molecule is O=[N+]([O-])C(Cl)=CC(=C(Nc1cccc(Br)c1)Nc1cccc(Br)c1)[N+](=O)[O-]. The number of halogens is 3. The third-order valence-electron chi connectivity index (χ3n) is 3.07. The van der Waals surface area contributed by atoms with Gasteiger partial charge in [0.15, 0.2) is 5.82 Å². The molecule has 0 radical (unpaired) electrons. The summed E-state index contributed by atoms with van der Waals surface area (Å²) in [5, 5.41) is 27.2. The Balaban J connectivity index is 2.55. The van der Waals surface area contributed by atoms with Crippen molar-refractivity contribution in [2.45, 2.75) is 0 Å². The normalized spacial score (nSPS) is 10.9. The number of nitrogens with zero attached hydrogens (tertiary/aromatic N) is 2. The first-order chi connectivity index (χ1) is 12.8. The molecule has 0 heterocycles. The van der Waals surface area contributed by atoms with Crippen LogP contribution in [0.4, 0.5) is 11.4 Å². The molecule has 2 rings (SSSR count). The molecule has 0 spiro atoms. The van der Waals surface area contributed by atoms with Crippen molar-refractivity contribution < 1.29 is 9.85 Å². The summed E-state index contributed by atoms with van der Waals surface area (Å²) in [5.41, 5.74) is 0.440. The Morgan fingerprint density at radius 1 is 0.926 bits per heavy atom. The van der Waals surface area contributed by atoms with Crippen LogP contribution < -0.4 is 10.6 Å². The van der Waals surface area contributed by atoms with Crippen LogP contribution in [0.5, 0.6) is 0 Å². The van der Waals surface area contributed by atoms with E-state index in [1.165, 1.54) is 0 Å². The molecule has 0 aliphatic rings. The summed E-state index contributed by atoms with van der Waals surface area (Å²) in [6, 6.07) is 13.8. The van der Waals surface area contributed by atoms with Crippen LogP contribution in [0, 0.1) is 20.2 Å². The highest BCUT2D eigenvalue weighted by Crippen LogP contribution is 2.23. The fourth-order valence-corrected chi connectivity index (χ4v) is 2.86. The average Bonchev–Trinajstić information content (AvgIpc) is 2.58. The maximum absolute atomic E-state index is 11.5. The summed E-state index contributed by atoms with van der Waals surface area (Å²) >= 11 is 12.1. The quantitative estimate of drug-likeness (QED) is 0.216. The summed E-state index contributed by atoms with van der Waals surface area (Å²) in [6.07, 6.45) is 0.673. The van der Waals surface area contributed by atoms with Gasteiger partial charge in [-0.3, -0.25) is 20.2 Å². The molecule has 140 valence electrons. The van der Waals surface area contributed by atoms with E-state index in [1.54, 1.807) is 48.5 Å². The van der Waals surface area contributed by atoms with E-state index in [4.69, 9.17) is 11.6 Å². The van der Waals surface area contributed by atoms with E-state index in [0.717, 1.165) is 8.95 Å². The van der Waals surface area contributed by atoms with E-state index < -0.39 is 20.7 Å². The second-order valence-electron chi connectivity index (χ2n) is 5.01. The molecular weight excluding hydrogens is 507 g/mol. The number of nitrogens with one attached hydrogen (secondary N) is 2. The molecule has 0 aromatic heterocycles. The number of hydrogen-bond acceptors (Lipinski definition) is 6. The van der Waals surface area contributed by atoms with Crippen molar-refractivity contribution in [3.8, 4) is 0 Å². The minimum absolute atomic E-state index is 0.0869. The van der Waals surface area contributed by atoms with Crippen molar-refractivity contribution in [1.29, 1.82) is 0 Å². The number of anilines is 2. The fraction of sp³-hybridized carbons (Fsp3) is 0. The van der Waals surface area contributed by atoms with Crippen molar-refractivity contribution in [3.63, 3.8) is 0 Å². The molecule has 11 heteroatoms. The smallest absolute Gasteiger partial charge is 0.336 e. The third kappa shape index (κ3) is 6.35. The molecule has 2 N–H and O–H groups in total. The molecule has 2 aromatic carbocycles. The Kier molecular flexibility index (Phi) is 7.34. The summed E-state index contributed by atoms with van der Waals surface area (Å²) in [6.45, 7) is 0. The fourth-order valence-electron chi connectivity index (χ4n) is 1.96. The number of benzene rings is 2. The highest BCUT2D eigenvalue weighted by atomic mass is 79.9. The van der Waals surface area contributed by atoms with Crippen LogP contribution >= 0.6 is 43.5 Å². The van der Waals surface area contributed by atoms with E-state index in [-0.39, 0.29) is 5.82 Å². The van der Waals surface area contributed by atoms with Gasteiger partial charge < -0.3 is 10.6 Å².